The van der Waals surface area contributed by atoms with E-state index in [1.54, 1.807) is 0 Å². The Kier molecular flexibility index (Phi) is 5.70. The van der Waals surface area contributed by atoms with Crippen molar-refractivity contribution < 1.29 is 4.79 Å². The summed E-state index contributed by atoms with van der Waals surface area (Å²) in [6.07, 6.45) is 11.9. The van der Waals surface area contributed by atoms with E-state index in [1.165, 1.54) is 61.0 Å². The highest BCUT2D eigenvalue weighted by Gasteiger charge is 2.21. The van der Waals surface area contributed by atoms with Gasteiger partial charge in [-0.2, -0.15) is 0 Å². The number of allylic oxidation sites excluding steroid dienone is 1. The predicted octanol–water partition coefficient (Wildman–Crippen LogP) is 5.53. The zero-order valence-electron chi connectivity index (χ0n) is 17.3. The molecule has 3 nitrogen and oxygen atoms in total. The molecule has 0 spiro atoms. The predicted molar refractivity (Wildman–Crippen MR) is 115 cm³/mol. The maximum Gasteiger partial charge on any atom is 0.251 e. The zero-order chi connectivity index (χ0) is 19.5. The van der Waals surface area contributed by atoms with Crippen molar-refractivity contribution in [3.05, 3.63) is 64.5 Å². The summed E-state index contributed by atoms with van der Waals surface area (Å²) in [6, 6.07) is 10.4. The van der Waals surface area contributed by atoms with Gasteiger partial charge in [-0.1, -0.05) is 18.6 Å². The van der Waals surface area contributed by atoms with E-state index in [0.717, 1.165) is 36.6 Å². The van der Waals surface area contributed by atoms with Crippen LogP contribution in [0, 0.1) is 12.8 Å². The van der Waals surface area contributed by atoms with Crippen molar-refractivity contribution >= 4 is 5.91 Å². The van der Waals surface area contributed by atoms with E-state index in [2.05, 4.69) is 48.0 Å². The molecule has 3 heteroatoms. The number of amides is 1. The zero-order valence-corrected chi connectivity index (χ0v) is 17.3. The van der Waals surface area contributed by atoms with E-state index in [4.69, 9.17) is 0 Å². The lowest BCUT2D eigenvalue weighted by molar-refractivity contribution is 0.0954. The van der Waals surface area contributed by atoms with Crippen LogP contribution in [0.4, 0.5) is 0 Å². The fourth-order valence-corrected chi connectivity index (χ4v) is 4.76. The molecule has 1 atom stereocenters. The van der Waals surface area contributed by atoms with Crippen molar-refractivity contribution in [2.75, 3.05) is 6.54 Å². The minimum atomic E-state index is 0.0306. The Morgan fingerprint density at radius 3 is 2.75 bits per heavy atom. The number of aryl methyl sites for hydroxylation is 1. The number of hydrogen-bond acceptors (Lipinski definition) is 1. The lowest BCUT2D eigenvalue weighted by atomic mass is 9.89. The average molecular weight is 377 g/mol. The molecule has 0 saturated carbocycles. The van der Waals surface area contributed by atoms with Gasteiger partial charge in [0.15, 0.2) is 0 Å². The number of carbonyl (C=O) groups is 1. The van der Waals surface area contributed by atoms with Crippen LogP contribution in [0.15, 0.2) is 42.0 Å². The van der Waals surface area contributed by atoms with Gasteiger partial charge in [0.2, 0.25) is 0 Å². The topological polar surface area (TPSA) is 34.0 Å². The lowest BCUT2D eigenvalue weighted by Crippen LogP contribution is -2.24. The van der Waals surface area contributed by atoms with E-state index in [1.807, 2.05) is 12.1 Å². The van der Waals surface area contributed by atoms with Gasteiger partial charge < -0.3 is 9.88 Å². The van der Waals surface area contributed by atoms with Crippen LogP contribution >= 0.6 is 0 Å². The Bertz CT molecular complexity index is 873. The van der Waals surface area contributed by atoms with Crippen LogP contribution < -0.4 is 5.32 Å². The van der Waals surface area contributed by atoms with Gasteiger partial charge in [-0.3, -0.25) is 4.79 Å². The minimum absolute atomic E-state index is 0.0306. The highest BCUT2D eigenvalue weighted by atomic mass is 16.1. The lowest BCUT2D eigenvalue weighted by Gasteiger charge is -2.21. The Morgan fingerprint density at radius 2 is 2.00 bits per heavy atom. The van der Waals surface area contributed by atoms with Gasteiger partial charge >= 0.3 is 0 Å². The molecule has 2 aliphatic carbocycles. The SMILES string of the molecule is Cc1cc2c(n1-c1ccc(C(=O)NCCC3=CCCCC3)cc1)CCC(C)C2. The number of aromatic nitrogens is 1. The standard InChI is InChI=1S/C25H32N2O/c1-18-8-13-24-22(16-18)17-19(2)27(24)23-11-9-21(10-12-23)25(28)26-15-14-20-6-4-3-5-7-20/h6,9-12,17-18H,3-5,7-8,13-16H2,1-2H3,(H,26,28). The van der Waals surface area contributed by atoms with E-state index in [-0.39, 0.29) is 5.91 Å². The summed E-state index contributed by atoms with van der Waals surface area (Å²) in [5.41, 5.74) is 7.65. The van der Waals surface area contributed by atoms with E-state index >= 15 is 0 Å². The molecule has 1 aromatic heterocycles. The summed E-state index contributed by atoms with van der Waals surface area (Å²) in [7, 11) is 0. The Morgan fingerprint density at radius 1 is 1.18 bits per heavy atom. The van der Waals surface area contributed by atoms with Gasteiger partial charge in [-0.05, 0) is 100 Å². The Labute approximate surface area is 168 Å². The van der Waals surface area contributed by atoms with E-state index in [0.29, 0.717) is 0 Å². The smallest absolute Gasteiger partial charge is 0.251 e. The van der Waals surface area contributed by atoms with Gasteiger partial charge in [-0.15, -0.1) is 0 Å². The molecule has 0 fully saturated rings. The minimum Gasteiger partial charge on any atom is -0.352 e. The molecule has 0 saturated heterocycles. The van der Waals surface area contributed by atoms with Crippen LogP contribution in [0.1, 0.15) is 72.8 Å². The first-order valence-corrected chi connectivity index (χ1v) is 10.9. The third-order valence-corrected chi connectivity index (χ3v) is 6.32. The van der Waals surface area contributed by atoms with Gasteiger partial charge in [0.25, 0.3) is 5.91 Å². The quantitative estimate of drug-likeness (QED) is 0.684. The number of nitrogens with zero attached hydrogens (tertiary/aromatic N) is 1. The summed E-state index contributed by atoms with van der Waals surface area (Å²) < 4.78 is 2.37. The van der Waals surface area contributed by atoms with Crippen molar-refractivity contribution in [1.82, 2.24) is 9.88 Å². The van der Waals surface area contributed by atoms with E-state index < -0.39 is 0 Å². The number of carbonyl (C=O) groups excluding carboxylic acids is 1. The first-order valence-electron chi connectivity index (χ1n) is 10.9. The van der Waals surface area contributed by atoms with Crippen molar-refractivity contribution in [1.29, 1.82) is 0 Å². The fraction of sp³-hybridized carbons (Fsp3) is 0.480. The van der Waals surface area contributed by atoms with Crippen LogP contribution in [0.25, 0.3) is 5.69 Å². The van der Waals surface area contributed by atoms with E-state index in [9.17, 15) is 4.79 Å². The molecule has 2 aromatic rings. The normalized spacial score (nSPS) is 19.1. The molecule has 0 bridgehead atoms. The molecule has 4 rings (SSSR count). The van der Waals surface area contributed by atoms with Gasteiger partial charge in [0.05, 0.1) is 0 Å². The molecule has 1 amide bonds. The average Bonchev–Trinajstić information content (AvgIpc) is 3.03. The second-order valence-corrected chi connectivity index (χ2v) is 8.60. The van der Waals surface area contributed by atoms with Crippen molar-refractivity contribution in [3.8, 4) is 5.69 Å². The first-order chi connectivity index (χ1) is 13.6. The maximum absolute atomic E-state index is 12.5. The molecule has 1 unspecified atom stereocenters. The van der Waals surface area contributed by atoms with Crippen LogP contribution in [0.5, 0.6) is 0 Å². The largest absolute Gasteiger partial charge is 0.352 e. The molecule has 148 valence electrons. The molecule has 1 heterocycles. The molecule has 1 aromatic carbocycles. The summed E-state index contributed by atoms with van der Waals surface area (Å²) >= 11 is 0. The monoisotopic (exact) mass is 376 g/mol. The molecule has 28 heavy (non-hydrogen) atoms. The number of fused-ring (bicyclic) bond motifs is 1. The third kappa shape index (κ3) is 4.09. The second-order valence-electron chi connectivity index (χ2n) is 8.60. The summed E-state index contributed by atoms with van der Waals surface area (Å²) in [5, 5.41) is 3.08. The van der Waals surface area contributed by atoms with Crippen molar-refractivity contribution in [2.24, 2.45) is 5.92 Å². The molecule has 0 radical (unpaired) electrons. The third-order valence-electron chi connectivity index (χ3n) is 6.32. The summed E-state index contributed by atoms with van der Waals surface area (Å²) in [4.78, 5) is 12.5. The number of nitrogens with one attached hydrogen (secondary N) is 1. The van der Waals surface area contributed by atoms with Crippen LogP contribution in [0.2, 0.25) is 0 Å². The summed E-state index contributed by atoms with van der Waals surface area (Å²) in [5.74, 6) is 0.807. The first kappa shape index (κ1) is 19.0. The molecular weight excluding hydrogens is 344 g/mol. The molecular formula is C25H32N2O. The van der Waals surface area contributed by atoms with Crippen molar-refractivity contribution in [2.45, 2.75) is 65.2 Å². The number of benzene rings is 1. The molecule has 1 N–H and O–H groups in total. The maximum atomic E-state index is 12.5. The number of hydrogen-bond donors (Lipinski definition) is 1. The second kappa shape index (κ2) is 8.38. The Hall–Kier alpha value is -2.29. The van der Waals surface area contributed by atoms with Gasteiger partial charge in [-0.25, -0.2) is 0 Å². The number of rotatable bonds is 5. The molecule has 2 aliphatic rings. The van der Waals surface area contributed by atoms with Crippen LogP contribution in [0.3, 0.4) is 0 Å². The highest BCUT2D eigenvalue weighted by Crippen LogP contribution is 2.30. The van der Waals surface area contributed by atoms with Crippen molar-refractivity contribution in [3.63, 3.8) is 0 Å². The van der Waals surface area contributed by atoms with Gasteiger partial charge in [0, 0.05) is 29.2 Å². The fourth-order valence-electron chi connectivity index (χ4n) is 4.76. The van der Waals surface area contributed by atoms with Crippen LogP contribution in [-0.4, -0.2) is 17.0 Å². The van der Waals surface area contributed by atoms with Crippen LogP contribution in [-0.2, 0) is 12.8 Å². The highest BCUT2D eigenvalue weighted by molar-refractivity contribution is 5.94. The summed E-state index contributed by atoms with van der Waals surface area (Å²) in [6.45, 7) is 5.26. The molecule has 0 aliphatic heterocycles. The Balaban J connectivity index is 1.41. The van der Waals surface area contributed by atoms with Gasteiger partial charge in [0.1, 0.15) is 0 Å².